The lowest BCUT2D eigenvalue weighted by molar-refractivity contribution is 0.0800. The van der Waals surface area contributed by atoms with Crippen LogP contribution in [0.2, 0.25) is 0 Å². The zero-order chi connectivity index (χ0) is 10.8. The molecule has 78 valence electrons. The lowest BCUT2D eigenvalue weighted by atomic mass is 9.99. The molecule has 1 aromatic heterocycles. The van der Waals surface area contributed by atoms with Crippen LogP contribution in [0, 0.1) is 0 Å². The Morgan fingerprint density at radius 2 is 2.14 bits per heavy atom. The van der Waals surface area contributed by atoms with Crippen LogP contribution in [0.25, 0.3) is 0 Å². The van der Waals surface area contributed by atoms with E-state index in [0.717, 1.165) is 10.0 Å². The second kappa shape index (κ2) is 4.28. The number of nitrogens with zero attached hydrogens (tertiary/aromatic N) is 1. The summed E-state index contributed by atoms with van der Waals surface area (Å²) in [7, 11) is 1.59. The average Bonchev–Trinajstić information content (AvgIpc) is 2.06. The highest BCUT2D eigenvalue weighted by molar-refractivity contribution is 9.10. The van der Waals surface area contributed by atoms with Crippen LogP contribution < -0.4 is 4.74 Å². The van der Waals surface area contributed by atoms with Crippen LogP contribution >= 0.6 is 15.9 Å². The first kappa shape index (κ1) is 11.5. The Morgan fingerprint density at radius 1 is 1.50 bits per heavy atom. The summed E-state index contributed by atoms with van der Waals surface area (Å²) in [5, 5.41) is 9.72. The van der Waals surface area contributed by atoms with E-state index in [2.05, 4.69) is 20.9 Å². The number of hydrogen-bond acceptors (Lipinski definition) is 3. The van der Waals surface area contributed by atoms with Crippen molar-refractivity contribution in [3.05, 3.63) is 22.4 Å². The van der Waals surface area contributed by atoms with Crippen molar-refractivity contribution in [1.29, 1.82) is 0 Å². The van der Waals surface area contributed by atoms with Gasteiger partial charge < -0.3 is 9.84 Å². The van der Waals surface area contributed by atoms with E-state index >= 15 is 0 Å². The lowest BCUT2D eigenvalue weighted by Gasteiger charge is -2.19. The van der Waals surface area contributed by atoms with E-state index < -0.39 is 5.60 Å². The lowest BCUT2D eigenvalue weighted by Crippen LogP contribution is -2.22. The molecule has 0 bridgehead atoms. The highest BCUT2D eigenvalue weighted by Gasteiger charge is 2.18. The molecule has 0 saturated carbocycles. The molecule has 0 aliphatic heterocycles. The minimum absolute atomic E-state index is 0.527. The molecule has 0 aliphatic rings. The maximum Gasteiger partial charge on any atom is 0.141 e. The molecular weight excluding hydrogens is 246 g/mol. The van der Waals surface area contributed by atoms with Gasteiger partial charge in [-0.3, -0.25) is 4.98 Å². The second-order valence-corrected chi connectivity index (χ2v) is 4.65. The van der Waals surface area contributed by atoms with E-state index in [1.807, 2.05) is 0 Å². The molecule has 0 radical (unpaired) electrons. The SMILES string of the molecule is COc1cncc(Br)c1CC(C)(C)O. The Hall–Kier alpha value is -0.610. The third-order valence-electron chi connectivity index (χ3n) is 1.79. The van der Waals surface area contributed by atoms with Gasteiger partial charge in [0.25, 0.3) is 0 Å². The number of hydrogen-bond donors (Lipinski definition) is 1. The molecule has 1 rings (SSSR count). The summed E-state index contributed by atoms with van der Waals surface area (Å²) in [5.74, 6) is 0.696. The van der Waals surface area contributed by atoms with Crippen LogP contribution in [-0.2, 0) is 6.42 Å². The number of pyridine rings is 1. The van der Waals surface area contributed by atoms with Crippen molar-refractivity contribution in [1.82, 2.24) is 4.98 Å². The fourth-order valence-electron chi connectivity index (χ4n) is 1.22. The van der Waals surface area contributed by atoms with Crippen LogP contribution in [0.3, 0.4) is 0 Å². The number of ether oxygens (including phenoxy) is 1. The van der Waals surface area contributed by atoms with Gasteiger partial charge >= 0.3 is 0 Å². The van der Waals surface area contributed by atoms with Crippen molar-refractivity contribution in [2.24, 2.45) is 0 Å². The highest BCUT2D eigenvalue weighted by Crippen LogP contribution is 2.28. The average molecular weight is 260 g/mol. The van der Waals surface area contributed by atoms with Crippen LogP contribution in [0.4, 0.5) is 0 Å². The Morgan fingerprint density at radius 3 is 2.64 bits per heavy atom. The van der Waals surface area contributed by atoms with Crippen molar-refractivity contribution in [3.63, 3.8) is 0 Å². The summed E-state index contributed by atoms with van der Waals surface area (Å²) in [4.78, 5) is 3.99. The molecule has 3 nitrogen and oxygen atoms in total. The van der Waals surface area contributed by atoms with Crippen LogP contribution in [0.15, 0.2) is 16.9 Å². The first-order chi connectivity index (χ1) is 6.44. The zero-order valence-corrected chi connectivity index (χ0v) is 10.1. The fourth-order valence-corrected chi connectivity index (χ4v) is 1.68. The zero-order valence-electron chi connectivity index (χ0n) is 8.54. The molecule has 4 heteroatoms. The minimum atomic E-state index is -0.753. The van der Waals surface area contributed by atoms with E-state index in [1.165, 1.54) is 0 Å². The molecule has 14 heavy (non-hydrogen) atoms. The molecule has 0 saturated heterocycles. The van der Waals surface area contributed by atoms with Crippen molar-refractivity contribution >= 4 is 15.9 Å². The molecular formula is C10H14BrNO2. The maximum atomic E-state index is 9.72. The molecule has 1 N–H and O–H groups in total. The Labute approximate surface area is 92.3 Å². The van der Waals surface area contributed by atoms with Crippen molar-refractivity contribution in [2.75, 3.05) is 7.11 Å². The largest absolute Gasteiger partial charge is 0.495 e. The highest BCUT2D eigenvalue weighted by atomic mass is 79.9. The molecule has 0 aliphatic carbocycles. The Kier molecular flexibility index (Phi) is 3.50. The molecule has 0 unspecified atom stereocenters. The van der Waals surface area contributed by atoms with Crippen molar-refractivity contribution in [2.45, 2.75) is 25.9 Å². The third kappa shape index (κ3) is 2.96. The van der Waals surface area contributed by atoms with E-state index in [4.69, 9.17) is 4.74 Å². The van der Waals surface area contributed by atoms with Gasteiger partial charge in [0.05, 0.1) is 18.9 Å². The van der Waals surface area contributed by atoms with E-state index in [-0.39, 0.29) is 0 Å². The molecule has 0 fully saturated rings. The van der Waals surface area contributed by atoms with Gasteiger partial charge in [-0.15, -0.1) is 0 Å². The summed E-state index contributed by atoms with van der Waals surface area (Å²) in [6.07, 6.45) is 3.87. The van der Waals surface area contributed by atoms with Gasteiger partial charge in [-0.25, -0.2) is 0 Å². The van der Waals surface area contributed by atoms with Gasteiger partial charge in [-0.05, 0) is 29.8 Å². The molecule has 0 aromatic carbocycles. The predicted molar refractivity (Wildman–Crippen MR) is 58.5 cm³/mol. The number of aromatic nitrogens is 1. The molecule has 0 atom stereocenters. The standard InChI is InChI=1S/C10H14BrNO2/c1-10(2,13)4-7-8(11)5-12-6-9(7)14-3/h5-6,13H,4H2,1-3H3. The summed E-state index contributed by atoms with van der Waals surface area (Å²) in [6, 6.07) is 0. The third-order valence-corrected chi connectivity index (χ3v) is 2.48. The summed E-state index contributed by atoms with van der Waals surface area (Å²) in [5.41, 5.74) is 0.187. The molecule has 0 amide bonds. The van der Waals surface area contributed by atoms with Gasteiger partial charge in [0.2, 0.25) is 0 Å². The monoisotopic (exact) mass is 259 g/mol. The van der Waals surface area contributed by atoms with Gasteiger partial charge in [0.1, 0.15) is 5.75 Å². The predicted octanol–water partition coefficient (Wildman–Crippen LogP) is 2.17. The molecule has 1 heterocycles. The van der Waals surface area contributed by atoms with Crippen molar-refractivity contribution in [3.8, 4) is 5.75 Å². The number of aliphatic hydroxyl groups is 1. The summed E-state index contributed by atoms with van der Waals surface area (Å²) in [6.45, 7) is 3.53. The van der Waals surface area contributed by atoms with Gasteiger partial charge in [0, 0.05) is 22.7 Å². The van der Waals surface area contributed by atoms with E-state index in [1.54, 1.807) is 33.4 Å². The number of halogens is 1. The minimum Gasteiger partial charge on any atom is -0.495 e. The first-order valence-electron chi connectivity index (χ1n) is 4.33. The smallest absolute Gasteiger partial charge is 0.141 e. The maximum absolute atomic E-state index is 9.72. The summed E-state index contributed by atoms with van der Waals surface area (Å²) >= 11 is 3.39. The molecule has 1 aromatic rings. The number of rotatable bonds is 3. The van der Waals surface area contributed by atoms with E-state index in [0.29, 0.717) is 12.2 Å². The van der Waals surface area contributed by atoms with Crippen LogP contribution in [0.1, 0.15) is 19.4 Å². The summed E-state index contributed by atoms with van der Waals surface area (Å²) < 4.78 is 6.03. The Bertz CT molecular complexity index is 320. The topological polar surface area (TPSA) is 42.4 Å². The first-order valence-corrected chi connectivity index (χ1v) is 5.12. The van der Waals surface area contributed by atoms with Gasteiger partial charge in [-0.2, -0.15) is 0 Å². The van der Waals surface area contributed by atoms with E-state index in [9.17, 15) is 5.11 Å². The Balaban J connectivity index is 3.05. The quantitative estimate of drug-likeness (QED) is 0.905. The second-order valence-electron chi connectivity index (χ2n) is 3.79. The van der Waals surface area contributed by atoms with Crippen LogP contribution in [0.5, 0.6) is 5.75 Å². The van der Waals surface area contributed by atoms with Crippen LogP contribution in [-0.4, -0.2) is 22.8 Å². The number of methoxy groups -OCH3 is 1. The van der Waals surface area contributed by atoms with Crippen molar-refractivity contribution < 1.29 is 9.84 Å². The van der Waals surface area contributed by atoms with Gasteiger partial charge in [-0.1, -0.05) is 0 Å². The van der Waals surface area contributed by atoms with Gasteiger partial charge in [0.15, 0.2) is 0 Å². The molecule has 0 spiro atoms. The fraction of sp³-hybridized carbons (Fsp3) is 0.500. The normalized spacial score (nSPS) is 11.5.